The summed E-state index contributed by atoms with van der Waals surface area (Å²) in [6.45, 7) is 0.499. The Hall–Kier alpha value is -3.86. The van der Waals surface area contributed by atoms with Crippen LogP contribution in [0, 0.1) is 0 Å². The highest BCUT2D eigenvalue weighted by Crippen LogP contribution is 2.20. The fraction of sp³-hybridized carbons (Fsp3) is 0.120. The standard InChI is InChI=1S/C25H22N2O3/c1-27(2)20-12-14-22-24(16-20)30-25(28)23(26-22)13-11-18-9-6-10-21(15-18)29-17-19-7-4-3-5-8-19/h3-16H,17H2,1-2H3/b13-11+. The first-order valence-corrected chi connectivity index (χ1v) is 9.65. The highest BCUT2D eigenvalue weighted by molar-refractivity contribution is 5.78. The van der Waals surface area contributed by atoms with Crippen LogP contribution in [0.4, 0.5) is 5.69 Å². The van der Waals surface area contributed by atoms with Crippen LogP contribution in [-0.4, -0.2) is 19.1 Å². The molecular weight excluding hydrogens is 376 g/mol. The van der Waals surface area contributed by atoms with Crippen LogP contribution in [0.1, 0.15) is 16.8 Å². The van der Waals surface area contributed by atoms with Gasteiger partial charge in [0, 0.05) is 25.8 Å². The molecule has 5 nitrogen and oxygen atoms in total. The largest absolute Gasteiger partial charge is 0.489 e. The van der Waals surface area contributed by atoms with E-state index in [9.17, 15) is 4.79 Å². The average Bonchev–Trinajstić information content (AvgIpc) is 2.77. The molecule has 0 bridgehead atoms. The van der Waals surface area contributed by atoms with Crippen LogP contribution in [0.25, 0.3) is 23.3 Å². The van der Waals surface area contributed by atoms with Gasteiger partial charge in [0.2, 0.25) is 0 Å². The second-order valence-electron chi connectivity index (χ2n) is 7.11. The number of rotatable bonds is 6. The highest BCUT2D eigenvalue weighted by atomic mass is 16.5. The van der Waals surface area contributed by atoms with Crippen LogP contribution in [0.5, 0.6) is 5.75 Å². The van der Waals surface area contributed by atoms with Crippen molar-refractivity contribution in [1.82, 2.24) is 4.98 Å². The van der Waals surface area contributed by atoms with Gasteiger partial charge in [-0.1, -0.05) is 48.5 Å². The second kappa shape index (κ2) is 8.66. The molecular formula is C25H22N2O3. The molecule has 30 heavy (non-hydrogen) atoms. The summed E-state index contributed by atoms with van der Waals surface area (Å²) in [6.07, 6.45) is 3.50. The summed E-state index contributed by atoms with van der Waals surface area (Å²) in [7, 11) is 3.86. The molecule has 0 radical (unpaired) electrons. The van der Waals surface area contributed by atoms with Crippen LogP contribution in [0.3, 0.4) is 0 Å². The zero-order valence-corrected chi connectivity index (χ0v) is 16.9. The summed E-state index contributed by atoms with van der Waals surface area (Å²) >= 11 is 0. The van der Waals surface area contributed by atoms with Crippen LogP contribution in [0.15, 0.2) is 82.0 Å². The number of aromatic nitrogens is 1. The summed E-state index contributed by atoms with van der Waals surface area (Å²) in [5, 5.41) is 0. The fourth-order valence-corrected chi connectivity index (χ4v) is 3.01. The summed E-state index contributed by atoms with van der Waals surface area (Å²) in [6, 6.07) is 23.3. The Morgan fingerprint density at radius 3 is 2.60 bits per heavy atom. The maximum atomic E-state index is 12.3. The lowest BCUT2D eigenvalue weighted by Gasteiger charge is -2.12. The van der Waals surface area contributed by atoms with E-state index in [-0.39, 0.29) is 5.69 Å². The van der Waals surface area contributed by atoms with Crippen LogP contribution >= 0.6 is 0 Å². The number of ether oxygens (including phenoxy) is 1. The van der Waals surface area contributed by atoms with Crippen molar-refractivity contribution < 1.29 is 9.15 Å². The number of nitrogens with zero attached hydrogens (tertiary/aromatic N) is 2. The molecule has 0 aliphatic carbocycles. The molecule has 0 spiro atoms. The molecule has 4 aromatic rings. The van der Waals surface area contributed by atoms with Gasteiger partial charge in [-0.3, -0.25) is 0 Å². The maximum Gasteiger partial charge on any atom is 0.362 e. The van der Waals surface area contributed by atoms with Crippen LogP contribution in [0.2, 0.25) is 0 Å². The van der Waals surface area contributed by atoms with Crippen molar-refractivity contribution in [2.75, 3.05) is 19.0 Å². The fourth-order valence-electron chi connectivity index (χ4n) is 3.01. The lowest BCUT2D eigenvalue weighted by molar-refractivity contribution is 0.306. The predicted octanol–water partition coefficient (Wildman–Crippen LogP) is 5.00. The topological polar surface area (TPSA) is 55.6 Å². The van der Waals surface area contributed by atoms with Crippen molar-refractivity contribution in [3.05, 3.63) is 100 Å². The third-order valence-corrected chi connectivity index (χ3v) is 4.65. The first kappa shape index (κ1) is 19.5. The maximum absolute atomic E-state index is 12.3. The molecule has 0 aliphatic heterocycles. The van der Waals surface area contributed by atoms with Crippen LogP contribution < -0.4 is 15.3 Å². The first-order chi connectivity index (χ1) is 14.6. The van der Waals surface area contributed by atoms with Gasteiger partial charge in [0.25, 0.3) is 0 Å². The normalized spacial score (nSPS) is 11.1. The zero-order chi connectivity index (χ0) is 20.9. The van der Waals surface area contributed by atoms with E-state index in [2.05, 4.69) is 4.98 Å². The Kier molecular flexibility index (Phi) is 5.61. The molecule has 1 heterocycles. The van der Waals surface area contributed by atoms with Gasteiger partial charge in [-0.15, -0.1) is 0 Å². The van der Waals surface area contributed by atoms with Crippen molar-refractivity contribution in [3.8, 4) is 5.75 Å². The molecule has 0 amide bonds. The van der Waals surface area contributed by atoms with E-state index in [4.69, 9.17) is 9.15 Å². The van der Waals surface area contributed by atoms with Crippen molar-refractivity contribution in [3.63, 3.8) is 0 Å². The smallest absolute Gasteiger partial charge is 0.362 e. The third-order valence-electron chi connectivity index (χ3n) is 4.65. The minimum atomic E-state index is -0.467. The van der Waals surface area contributed by atoms with Gasteiger partial charge < -0.3 is 14.1 Å². The molecule has 0 atom stereocenters. The molecule has 0 aliphatic rings. The summed E-state index contributed by atoms with van der Waals surface area (Å²) in [5.41, 5.74) is 3.86. The quantitative estimate of drug-likeness (QED) is 0.457. The van der Waals surface area contributed by atoms with E-state index < -0.39 is 5.63 Å². The number of fused-ring (bicyclic) bond motifs is 1. The molecule has 0 saturated heterocycles. The SMILES string of the molecule is CN(C)c1ccc2nc(/C=C/c3cccc(OCc4ccccc4)c3)c(=O)oc2c1. The Bertz CT molecular complexity index is 1240. The summed E-state index contributed by atoms with van der Waals surface area (Å²) in [5.74, 6) is 0.760. The van der Waals surface area contributed by atoms with Crippen molar-refractivity contribution >= 4 is 28.9 Å². The molecule has 1 aromatic heterocycles. The van der Waals surface area contributed by atoms with E-state index in [0.29, 0.717) is 17.7 Å². The van der Waals surface area contributed by atoms with Gasteiger partial charge in [-0.25, -0.2) is 9.78 Å². The van der Waals surface area contributed by atoms with Gasteiger partial charge in [-0.2, -0.15) is 0 Å². The Morgan fingerprint density at radius 1 is 0.967 bits per heavy atom. The Morgan fingerprint density at radius 2 is 1.80 bits per heavy atom. The van der Waals surface area contributed by atoms with Gasteiger partial charge in [0.05, 0.1) is 0 Å². The Balaban J connectivity index is 1.53. The van der Waals surface area contributed by atoms with E-state index in [1.165, 1.54) is 0 Å². The highest BCUT2D eigenvalue weighted by Gasteiger charge is 2.06. The molecule has 5 heteroatoms. The number of anilines is 1. The van der Waals surface area contributed by atoms with Gasteiger partial charge in [0.1, 0.15) is 23.6 Å². The summed E-state index contributed by atoms with van der Waals surface area (Å²) < 4.78 is 11.3. The van der Waals surface area contributed by atoms with Crippen molar-refractivity contribution in [2.24, 2.45) is 0 Å². The second-order valence-corrected chi connectivity index (χ2v) is 7.11. The number of hydrogen-bond donors (Lipinski definition) is 0. The van der Waals surface area contributed by atoms with Gasteiger partial charge in [-0.05, 0) is 41.5 Å². The van der Waals surface area contributed by atoms with Gasteiger partial charge in [0.15, 0.2) is 5.58 Å². The molecule has 0 N–H and O–H groups in total. The summed E-state index contributed by atoms with van der Waals surface area (Å²) in [4.78, 5) is 18.7. The van der Waals surface area contributed by atoms with E-state index in [1.54, 1.807) is 6.08 Å². The lowest BCUT2D eigenvalue weighted by Crippen LogP contribution is -2.09. The van der Waals surface area contributed by atoms with E-state index >= 15 is 0 Å². The zero-order valence-electron chi connectivity index (χ0n) is 16.9. The van der Waals surface area contributed by atoms with Crippen molar-refractivity contribution in [1.29, 1.82) is 0 Å². The number of benzene rings is 3. The molecule has 0 fully saturated rings. The Labute approximate surface area is 174 Å². The predicted molar refractivity (Wildman–Crippen MR) is 121 cm³/mol. The monoisotopic (exact) mass is 398 g/mol. The van der Waals surface area contributed by atoms with E-state index in [0.717, 1.165) is 22.6 Å². The third kappa shape index (κ3) is 4.58. The molecule has 150 valence electrons. The average molecular weight is 398 g/mol. The molecule has 3 aromatic carbocycles. The minimum Gasteiger partial charge on any atom is -0.489 e. The van der Waals surface area contributed by atoms with Crippen LogP contribution in [-0.2, 0) is 6.61 Å². The van der Waals surface area contributed by atoms with E-state index in [1.807, 2.05) is 97.9 Å². The first-order valence-electron chi connectivity index (χ1n) is 9.65. The number of hydrogen-bond acceptors (Lipinski definition) is 5. The lowest BCUT2D eigenvalue weighted by atomic mass is 10.2. The minimum absolute atomic E-state index is 0.260. The molecule has 0 unspecified atom stereocenters. The van der Waals surface area contributed by atoms with Crippen molar-refractivity contribution in [2.45, 2.75) is 6.61 Å². The molecule has 4 rings (SSSR count). The van der Waals surface area contributed by atoms with Gasteiger partial charge >= 0.3 is 5.63 Å². The molecule has 0 saturated carbocycles.